The van der Waals surface area contributed by atoms with E-state index in [1.165, 1.54) is 0 Å². The van der Waals surface area contributed by atoms with E-state index in [1.54, 1.807) is 28.4 Å². The van der Waals surface area contributed by atoms with Gasteiger partial charge in [-0.3, -0.25) is 0 Å². The minimum Gasteiger partial charge on any atom is -0.494 e. The molecule has 0 aromatic heterocycles. The van der Waals surface area contributed by atoms with Crippen LogP contribution in [0.5, 0.6) is 23.0 Å². The Kier molecular flexibility index (Phi) is 8.44. The van der Waals surface area contributed by atoms with Crippen LogP contribution in [0, 0.1) is 0 Å². The minimum absolute atomic E-state index is 0.692. The minimum atomic E-state index is -2.86. The second kappa shape index (κ2) is 12.1. The Bertz CT molecular complexity index is 1120. The van der Waals surface area contributed by atoms with Crippen LogP contribution in [0.25, 0.3) is 0 Å². The molecule has 0 amide bonds. The Morgan fingerprint density at radius 1 is 0.378 bits per heavy atom. The van der Waals surface area contributed by atoms with Gasteiger partial charge in [0.2, 0.25) is 0 Å². The molecule has 0 fully saturated rings. The van der Waals surface area contributed by atoms with Gasteiger partial charge in [-0.25, -0.2) is 0 Å². The normalized spacial score (nSPS) is 10.7. The first kappa shape index (κ1) is 25.8. The lowest BCUT2D eigenvalue weighted by atomic mass is 10.3. The van der Waals surface area contributed by atoms with Crippen LogP contribution in [0.15, 0.2) is 97.1 Å². The molecule has 4 rings (SSSR count). The highest BCUT2D eigenvalue weighted by Crippen LogP contribution is 2.60. The van der Waals surface area contributed by atoms with E-state index in [-0.39, 0.29) is 0 Å². The number of hydrogen-bond donors (Lipinski definition) is 4. The number of rotatable bonds is 12. The Morgan fingerprint density at radius 3 is 0.811 bits per heavy atom. The summed E-state index contributed by atoms with van der Waals surface area (Å²) in [5.74, 6) is 2.77. The van der Waals surface area contributed by atoms with Crippen LogP contribution in [0.2, 0.25) is 0 Å². The third-order valence-electron chi connectivity index (χ3n) is 5.58. The summed E-state index contributed by atoms with van der Waals surface area (Å²) in [6, 6.07) is 31.0. The summed E-state index contributed by atoms with van der Waals surface area (Å²) in [4.78, 5) is 0. The summed E-state index contributed by atoms with van der Waals surface area (Å²) in [5, 5.41) is 14.8. The monoisotopic (exact) mass is 519 g/mol. The summed E-state index contributed by atoms with van der Waals surface area (Å²) in [7, 11) is 3.73. The van der Waals surface area contributed by atoms with Crippen molar-refractivity contribution in [1.82, 2.24) is 0 Å². The van der Waals surface area contributed by atoms with Crippen LogP contribution < -0.4 is 39.3 Å². The molecule has 192 valence electrons. The maximum absolute atomic E-state index is 5.67. The summed E-state index contributed by atoms with van der Waals surface area (Å²) in [5.41, 5.74) is 3.13. The number of methoxy groups -OCH3 is 4. The first-order valence-corrected chi connectivity index (χ1v) is 13.4. The van der Waals surface area contributed by atoms with Gasteiger partial charge in [-0.15, -0.1) is 0 Å². The molecule has 0 aliphatic rings. The molecule has 0 unspecified atom stereocenters. The summed E-state index contributed by atoms with van der Waals surface area (Å²) in [6.45, 7) is 0. The van der Waals surface area contributed by atoms with Crippen LogP contribution >= 0.6 is 7.87 Å². The average Bonchev–Trinajstić information content (AvgIpc) is 2.94. The van der Waals surface area contributed by atoms with E-state index in [1.807, 2.05) is 97.1 Å². The summed E-state index contributed by atoms with van der Waals surface area (Å²) in [6.07, 6.45) is 0. The second-order valence-electron chi connectivity index (χ2n) is 7.92. The van der Waals surface area contributed by atoms with E-state index in [0.29, 0.717) is 23.0 Å². The summed E-state index contributed by atoms with van der Waals surface area (Å²) >= 11 is 0. The van der Waals surface area contributed by atoms with Crippen molar-refractivity contribution in [3.8, 4) is 23.0 Å². The highest BCUT2D eigenvalue weighted by Gasteiger charge is 2.43. The molecule has 0 saturated carbocycles. The smallest absolute Gasteiger partial charge is 0.395 e. The van der Waals surface area contributed by atoms with Gasteiger partial charge in [0.25, 0.3) is 0 Å². The Balaban J connectivity index is 1.91. The Morgan fingerprint density at radius 2 is 0.595 bits per heavy atom. The first-order chi connectivity index (χ1) is 18.1. The highest BCUT2D eigenvalue weighted by molar-refractivity contribution is 7.81. The van der Waals surface area contributed by atoms with Crippen molar-refractivity contribution in [2.45, 2.75) is 0 Å². The third-order valence-corrected chi connectivity index (χ3v) is 7.89. The van der Waals surface area contributed by atoms with Gasteiger partial charge in [-0.2, -0.15) is 20.3 Å². The van der Waals surface area contributed by atoms with E-state index in [2.05, 4.69) is 20.3 Å². The highest BCUT2D eigenvalue weighted by atomic mass is 31.2. The molecule has 4 N–H and O–H groups in total. The fourth-order valence-electron chi connectivity index (χ4n) is 3.84. The number of benzene rings is 4. The zero-order valence-corrected chi connectivity index (χ0v) is 22.2. The Hall–Kier alpha value is -4.29. The lowest BCUT2D eigenvalue weighted by Gasteiger charge is -2.31. The van der Waals surface area contributed by atoms with Gasteiger partial charge in [0.05, 0.1) is 28.4 Å². The second-order valence-corrected chi connectivity index (χ2v) is 10.2. The number of nitrogens with one attached hydrogen (secondary N) is 4. The Labute approximate surface area is 218 Å². The largest absolute Gasteiger partial charge is 0.494 e. The van der Waals surface area contributed by atoms with Crippen molar-refractivity contribution >= 4 is 30.6 Å². The van der Waals surface area contributed by atoms with Crippen molar-refractivity contribution in [2.24, 2.45) is 0 Å². The lowest BCUT2D eigenvalue weighted by molar-refractivity contribution is 0.416. The fraction of sp³-hybridized carbons (Fsp3) is 0.143. The molecule has 0 spiro atoms. The number of para-hydroxylation sites is 8. The van der Waals surface area contributed by atoms with Gasteiger partial charge in [0, 0.05) is 0 Å². The van der Waals surface area contributed by atoms with Crippen LogP contribution in [0.3, 0.4) is 0 Å². The molecular formula is C28H32N4O4P+. The van der Waals surface area contributed by atoms with Gasteiger partial charge in [0.15, 0.2) is 0 Å². The molecule has 0 aliphatic heterocycles. The van der Waals surface area contributed by atoms with E-state index in [4.69, 9.17) is 18.9 Å². The molecule has 0 radical (unpaired) electrons. The summed E-state index contributed by atoms with van der Waals surface area (Å²) < 4.78 is 22.7. The molecule has 0 atom stereocenters. The van der Waals surface area contributed by atoms with Gasteiger partial charge in [-0.1, -0.05) is 48.5 Å². The van der Waals surface area contributed by atoms with Crippen LogP contribution in [0.1, 0.15) is 0 Å². The quantitative estimate of drug-likeness (QED) is 0.147. The fourth-order valence-corrected chi connectivity index (χ4v) is 6.36. The zero-order chi connectivity index (χ0) is 26.1. The van der Waals surface area contributed by atoms with Crippen molar-refractivity contribution in [1.29, 1.82) is 0 Å². The lowest BCUT2D eigenvalue weighted by Crippen LogP contribution is -2.28. The van der Waals surface area contributed by atoms with E-state index >= 15 is 0 Å². The van der Waals surface area contributed by atoms with E-state index in [9.17, 15) is 0 Å². The standard InChI is InChI=1S/C28H32N4O4P/c1-33-25-17-9-5-13-21(25)29-37(30-22-14-6-10-18-26(22)34-2,31-23-15-7-11-19-27(23)35-3)32-24-16-8-12-20-28(24)36-4/h5-20,29-32H,1-4H3/q+1. The maximum Gasteiger partial charge on any atom is 0.395 e. The van der Waals surface area contributed by atoms with Crippen LogP contribution in [0.4, 0.5) is 22.7 Å². The third kappa shape index (κ3) is 6.11. The van der Waals surface area contributed by atoms with Crippen molar-refractivity contribution < 1.29 is 18.9 Å². The molecular weight excluding hydrogens is 487 g/mol. The van der Waals surface area contributed by atoms with Gasteiger partial charge >= 0.3 is 7.87 Å². The van der Waals surface area contributed by atoms with E-state index in [0.717, 1.165) is 22.7 Å². The van der Waals surface area contributed by atoms with Gasteiger partial charge in [0.1, 0.15) is 45.7 Å². The molecule has 0 bridgehead atoms. The molecule has 9 heteroatoms. The molecule has 0 saturated heterocycles. The van der Waals surface area contributed by atoms with Gasteiger partial charge < -0.3 is 18.9 Å². The average molecular weight is 520 g/mol. The van der Waals surface area contributed by atoms with Crippen LogP contribution in [-0.4, -0.2) is 28.4 Å². The van der Waals surface area contributed by atoms with Crippen molar-refractivity contribution in [2.75, 3.05) is 48.8 Å². The van der Waals surface area contributed by atoms with E-state index < -0.39 is 7.87 Å². The topological polar surface area (TPSA) is 85.0 Å². The molecule has 37 heavy (non-hydrogen) atoms. The number of ether oxygens (including phenoxy) is 4. The van der Waals surface area contributed by atoms with Crippen LogP contribution in [-0.2, 0) is 0 Å². The van der Waals surface area contributed by atoms with Crippen molar-refractivity contribution in [3.05, 3.63) is 97.1 Å². The molecule has 8 nitrogen and oxygen atoms in total. The molecule has 0 heterocycles. The SMILES string of the molecule is COc1ccccc1N[P+](Nc1ccccc1OC)(Nc1ccccc1OC)Nc1ccccc1OC. The molecule has 0 aliphatic carbocycles. The van der Waals surface area contributed by atoms with Crippen molar-refractivity contribution in [3.63, 3.8) is 0 Å². The predicted octanol–water partition coefficient (Wildman–Crippen LogP) is 7.15. The number of hydrogen-bond acceptors (Lipinski definition) is 8. The zero-order valence-electron chi connectivity index (χ0n) is 21.3. The first-order valence-electron chi connectivity index (χ1n) is 11.7. The number of anilines is 4. The van der Waals surface area contributed by atoms with Gasteiger partial charge in [-0.05, 0) is 48.5 Å². The molecule has 4 aromatic rings. The maximum atomic E-state index is 5.67. The predicted molar refractivity (Wildman–Crippen MR) is 153 cm³/mol. The molecule has 4 aromatic carbocycles.